The molecule has 6 N–H and O–H groups in total. The smallest absolute Gasteiger partial charge is 0.294 e. The van der Waals surface area contributed by atoms with Crippen LogP contribution in [0.15, 0.2) is 144 Å². The summed E-state index contributed by atoms with van der Waals surface area (Å²) in [5, 5.41) is 46.2. The lowest BCUT2D eigenvalue weighted by Crippen LogP contribution is -1.97. The van der Waals surface area contributed by atoms with E-state index < -0.39 is 25.1 Å². The van der Waals surface area contributed by atoms with Crippen LogP contribution in [0.4, 0.5) is 39.8 Å². The summed E-state index contributed by atoms with van der Waals surface area (Å²) in [6, 6.07) is 24.1. The van der Waals surface area contributed by atoms with E-state index in [1.807, 2.05) is 0 Å². The van der Waals surface area contributed by atoms with Gasteiger partial charge in [0.25, 0.3) is 20.2 Å². The van der Waals surface area contributed by atoms with Gasteiger partial charge >= 0.3 is 0 Å². The standard InChI is InChI=1S/C32H23N7O8S2/c33-18-1-3-19(4-2-18)34-35-27-11-13-29(25-16-21(48(42,43)44)6-8-23(25)27)37-36-28-12-14-30(38-39-31-10-5-20(40)15-32(31)41)26-17-22(49(45,46)47)7-9-24(26)28/h1-17,40-41H,33H2,(H,42,43,44)(H,45,46,47)/b35-34+,37-36+,39-38+. The van der Waals surface area contributed by atoms with Crippen LogP contribution in [0.25, 0.3) is 21.5 Å². The highest BCUT2D eigenvalue weighted by Crippen LogP contribution is 2.40. The lowest BCUT2D eigenvalue weighted by Gasteiger charge is -2.08. The molecule has 0 aliphatic heterocycles. The van der Waals surface area contributed by atoms with Crippen LogP contribution in [0.3, 0.4) is 0 Å². The molecular formula is C32H23N7O8S2. The minimum Gasteiger partial charge on any atom is -0.508 e. The Morgan fingerprint density at radius 1 is 0.449 bits per heavy atom. The van der Waals surface area contributed by atoms with Gasteiger partial charge in [0, 0.05) is 33.3 Å². The van der Waals surface area contributed by atoms with E-state index in [1.54, 1.807) is 30.3 Å². The first kappa shape index (κ1) is 32.8. The number of benzene rings is 6. The molecule has 49 heavy (non-hydrogen) atoms. The number of hydrogen-bond donors (Lipinski definition) is 5. The van der Waals surface area contributed by atoms with Gasteiger partial charge in [-0.1, -0.05) is 12.1 Å². The third kappa shape index (κ3) is 7.24. The Morgan fingerprint density at radius 3 is 1.31 bits per heavy atom. The van der Waals surface area contributed by atoms with Crippen molar-refractivity contribution >= 4 is 81.6 Å². The number of anilines is 1. The lowest BCUT2D eigenvalue weighted by molar-refractivity contribution is 0.451. The second-order valence-corrected chi connectivity index (χ2v) is 13.3. The number of aromatic hydroxyl groups is 2. The fourth-order valence-corrected chi connectivity index (χ4v) is 5.74. The molecule has 0 bridgehead atoms. The molecule has 0 radical (unpaired) electrons. The third-order valence-corrected chi connectivity index (χ3v) is 8.84. The summed E-state index contributed by atoms with van der Waals surface area (Å²) in [4.78, 5) is -0.813. The number of phenolic OH excluding ortho intramolecular Hbond substituents is 2. The summed E-state index contributed by atoms with van der Waals surface area (Å²) in [7, 11) is -9.20. The Balaban J connectivity index is 1.46. The summed E-state index contributed by atoms with van der Waals surface area (Å²) >= 11 is 0. The molecule has 0 fully saturated rings. The topological polar surface area (TPSA) is 249 Å². The molecule has 0 heterocycles. The molecule has 0 atom stereocenters. The van der Waals surface area contributed by atoms with Crippen molar-refractivity contribution in [1.29, 1.82) is 0 Å². The molecule has 0 aromatic heterocycles. The van der Waals surface area contributed by atoms with Crippen LogP contribution in [0, 0.1) is 0 Å². The first-order chi connectivity index (χ1) is 23.3. The summed E-state index contributed by atoms with van der Waals surface area (Å²) in [5.41, 5.74) is 7.76. The van der Waals surface area contributed by atoms with Crippen molar-refractivity contribution in [2.45, 2.75) is 9.79 Å². The van der Waals surface area contributed by atoms with E-state index in [9.17, 15) is 36.2 Å². The van der Waals surface area contributed by atoms with Crippen LogP contribution in [0.2, 0.25) is 0 Å². The molecule has 6 rings (SSSR count). The number of nitrogens with two attached hydrogens (primary N) is 1. The fraction of sp³-hybridized carbons (Fsp3) is 0. The molecule has 17 heteroatoms. The Bertz CT molecular complexity index is 2590. The molecule has 0 aliphatic rings. The number of rotatable bonds is 8. The summed E-state index contributed by atoms with van der Waals surface area (Å²) in [6.45, 7) is 0. The van der Waals surface area contributed by atoms with E-state index in [2.05, 4.69) is 30.7 Å². The molecule has 0 saturated heterocycles. The minimum absolute atomic E-state index is 0.0215. The molecule has 0 spiro atoms. The van der Waals surface area contributed by atoms with E-state index in [0.717, 1.165) is 12.1 Å². The van der Waals surface area contributed by atoms with Crippen LogP contribution in [-0.4, -0.2) is 36.2 Å². The molecule has 0 aliphatic carbocycles. The quantitative estimate of drug-likeness (QED) is 0.0578. The van der Waals surface area contributed by atoms with E-state index >= 15 is 0 Å². The molecule has 246 valence electrons. The second-order valence-electron chi connectivity index (χ2n) is 10.4. The van der Waals surface area contributed by atoms with Crippen LogP contribution >= 0.6 is 0 Å². The Hall–Kier alpha value is -6.14. The van der Waals surface area contributed by atoms with Gasteiger partial charge < -0.3 is 15.9 Å². The molecule has 0 amide bonds. The van der Waals surface area contributed by atoms with Gasteiger partial charge in [0.05, 0.1) is 38.2 Å². The molecule has 0 unspecified atom stereocenters. The van der Waals surface area contributed by atoms with Gasteiger partial charge in [-0.2, -0.15) is 21.9 Å². The Labute approximate surface area is 277 Å². The minimum atomic E-state index is -4.61. The van der Waals surface area contributed by atoms with Crippen LogP contribution in [0.5, 0.6) is 11.5 Å². The van der Waals surface area contributed by atoms with Gasteiger partial charge in [-0.3, -0.25) is 9.11 Å². The fourth-order valence-electron chi connectivity index (χ4n) is 4.73. The number of azo groups is 3. The zero-order valence-corrected chi connectivity index (χ0v) is 26.4. The highest BCUT2D eigenvalue weighted by molar-refractivity contribution is 7.86. The van der Waals surface area contributed by atoms with Crippen molar-refractivity contribution in [3.8, 4) is 11.5 Å². The van der Waals surface area contributed by atoms with E-state index in [1.165, 1.54) is 60.7 Å². The number of fused-ring (bicyclic) bond motifs is 2. The van der Waals surface area contributed by atoms with Crippen molar-refractivity contribution in [2.24, 2.45) is 30.7 Å². The molecule has 6 aromatic carbocycles. The maximum absolute atomic E-state index is 12.0. The van der Waals surface area contributed by atoms with Crippen LogP contribution < -0.4 is 5.73 Å². The van der Waals surface area contributed by atoms with Gasteiger partial charge in [-0.05, 0) is 84.9 Å². The predicted molar refractivity (Wildman–Crippen MR) is 181 cm³/mol. The average Bonchev–Trinajstić information content (AvgIpc) is 3.06. The highest BCUT2D eigenvalue weighted by atomic mass is 32.2. The number of phenols is 2. The van der Waals surface area contributed by atoms with Gasteiger partial charge in [0.15, 0.2) is 0 Å². The molecule has 15 nitrogen and oxygen atoms in total. The Morgan fingerprint density at radius 2 is 0.857 bits per heavy atom. The number of nitrogens with zero attached hydrogens (tertiary/aromatic N) is 6. The van der Waals surface area contributed by atoms with Gasteiger partial charge in [-0.25, -0.2) is 0 Å². The average molecular weight is 698 g/mol. The van der Waals surface area contributed by atoms with Gasteiger partial charge in [-0.15, -0.1) is 25.6 Å². The van der Waals surface area contributed by atoms with E-state index in [4.69, 9.17) is 5.73 Å². The van der Waals surface area contributed by atoms with Crippen molar-refractivity contribution < 1.29 is 36.2 Å². The molecule has 0 saturated carbocycles. The summed E-state index contributed by atoms with van der Waals surface area (Å²) < 4.78 is 67.3. The number of nitrogen functional groups attached to an aromatic ring is 1. The second kappa shape index (κ2) is 12.8. The first-order valence-electron chi connectivity index (χ1n) is 14.0. The lowest BCUT2D eigenvalue weighted by atomic mass is 10.1. The third-order valence-electron chi connectivity index (χ3n) is 7.14. The van der Waals surface area contributed by atoms with Crippen molar-refractivity contribution in [2.75, 3.05) is 5.73 Å². The van der Waals surface area contributed by atoms with E-state index in [0.29, 0.717) is 27.8 Å². The zero-order valence-electron chi connectivity index (χ0n) is 24.8. The van der Waals surface area contributed by atoms with Crippen molar-refractivity contribution in [1.82, 2.24) is 0 Å². The normalized spacial score (nSPS) is 12.6. The van der Waals surface area contributed by atoms with Gasteiger partial charge in [0.2, 0.25) is 0 Å². The van der Waals surface area contributed by atoms with Crippen molar-refractivity contribution in [3.63, 3.8) is 0 Å². The number of hydrogen-bond acceptors (Lipinski definition) is 13. The SMILES string of the molecule is Nc1ccc(/N=N/c2ccc(/N=N/c3ccc(/N=N/c4ccc(O)cc4O)c4cc(S(=O)(=O)O)ccc34)c3cc(S(=O)(=O)O)ccc23)cc1. The van der Waals surface area contributed by atoms with Crippen LogP contribution in [-0.2, 0) is 20.2 Å². The predicted octanol–water partition coefficient (Wildman–Crippen LogP) is 8.73. The van der Waals surface area contributed by atoms with E-state index in [-0.39, 0.29) is 49.9 Å². The van der Waals surface area contributed by atoms with Crippen LogP contribution in [0.1, 0.15) is 0 Å². The van der Waals surface area contributed by atoms with Gasteiger partial charge in [0.1, 0.15) is 17.2 Å². The first-order valence-corrected chi connectivity index (χ1v) is 16.9. The molecular weight excluding hydrogens is 675 g/mol. The highest BCUT2D eigenvalue weighted by Gasteiger charge is 2.16. The monoisotopic (exact) mass is 697 g/mol. The zero-order chi connectivity index (χ0) is 34.9. The maximum Gasteiger partial charge on any atom is 0.294 e. The largest absolute Gasteiger partial charge is 0.508 e. The summed E-state index contributed by atoms with van der Waals surface area (Å²) in [6.07, 6.45) is 0. The maximum atomic E-state index is 12.0. The van der Waals surface area contributed by atoms with Crippen molar-refractivity contribution in [3.05, 3.63) is 103 Å². The summed E-state index contributed by atoms with van der Waals surface area (Å²) in [5.74, 6) is -0.534. The molecule has 6 aromatic rings. The Kier molecular flexibility index (Phi) is 8.57.